The number of amides is 2. The third kappa shape index (κ3) is 7.76. The molecular formula is C20H25N3O9S3. The van der Waals surface area contributed by atoms with E-state index in [0.717, 1.165) is 18.2 Å². The zero-order valence-electron chi connectivity index (χ0n) is 18.9. The lowest BCUT2D eigenvalue weighted by Crippen LogP contribution is -2.28. The van der Waals surface area contributed by atoms with Crippen molar-refractivity contribution in [3.63, 3.8) is 0 Å². The average Bonchev–Trinajstić information content (AvgIpc) is 2.71. The van der Waals surface area contributed by atoms with Gasteiger partial charge in [-0.05, 0) is 56.2 Å². The number of carbonyl (C=O) groups is 1. The van der Waals surface area contributed by atoms with Gasteiger partial charge in [0.1, 0.15) is 9.79 Å². The van der Waals surface area contributed by atoms with Gasteiger partial charge in [0.2, 0.25) is 10.0 Å². The lowest BCUT2D eigenvalue weighted by atomic mass is 10.1. The molecule has 0 bridgehead atoms. The van der Waals surface area contributed by atoms with Gasteiger partial charge in [0.25, 0.3) is 20.2 Å². The first kappa shape index (κ1) is 28.3. The van der Waals surface area contributed by atoms with E-state index in [1.807, 2.05) is 0 Å². The highest BCUT2D eigenvalue weighted by molar-refractivity contribution is 7.93. The summed E-state index contributed by atoms with van der Waals surface area (Å²) in [7, 11) is -13.4. The van der Waals surface area contributed by atoms with Crippen LogP contribution in [0.15, 0.2) is 46.2 Å². The van der Waals surface area contributed by atoms with Crippen LogP contribution >= 0.6 is 0 Å². The van der Waals surface area contributed by atoms with Crippen LogP contribution in [0.3, 0.4) is 0 Å². The molecule has 0 aliphatic heterocycles. The SMILES string of the molecule is CCNC(=O)Nc1ccc(C=Cc2ccc(NS(=O)(=O)C(C)C)cc2S(=O)(=O)O)c(S(=O)(=O)O)c1. The largest absolute Gasteiger partial charge is 0.338 e. The number of nitrogens with one attached hydrogen (secondary N) is 3. The van der Waals surface area contributed by atoms with Crippen LogP contribution in [-0.4, -0.2) is 52.2 Å². The first-order valence-electron chi connectivity index (χ1n) is 10.0. The van der Waals surface area contributed by atoms with Crippen LogP contribution in [0.5, 0.6) is 0 Å². The first-order chi connectivity index (χ1) is 16.0. The second-order valence-electron chi connectivity index (χ2n) is 7.47. The van der Waals surface area contributed by atoms with Gasteiger partial charge in [-0.1, -0.05) is 24.3 Å². The van der Waals surface area contributed by atoms with E-state index in [1.165, 1.54) is 44.2 Å². The fourth-order valence-electron chi connectivity index (χ4n) is 2.73. The lowest BCUT2D eigenvalue weighted by molar-refractivity contribution is 0.252. The van der Waals surface area contributed by atoms with Crippen molar-refractivity contribution in [2.45, 2.75) is 35.8 Å². The lowest BCUT2D eigenvalue weighted by Gasteiger charge is -2.12. The molecule has 35 heavy (non-hydrogen) atoms. The Kier molecular flexibility index (Phi) is 8.67. The van der Waals surface area contributed by atoms with Crippen LogP contribution in [-0.2, 0) is 30.3 Å². The third-order valence-corrected chi connectivity index (χ3v) is 8.08. The predicted molar refractivity (Wildman–Crippen MR) is 132 cm³/mol. The van der Waals surface area contributed by atoms with Gasteiger partial charge in [-0.15, -0.1) is 0 Å². The molecule has 192 valence electrons. The monoisotopic (exact) mass is 547 g/mol. The molecule has 0 heterocycles. The number of anilines is 2. The smallest absolute Gasteiger partial charge is 0.319 e. The van der Waals surface area contributed by atoms with Crippen molar-refractivity contribution in [1.82, 2.24) is 5.32 Å². The highest BCUT2D eigenvalue weighted by Crippen LogP contribution is 2.26. The molecule has 0 aliphatic carbocycles. The van der Waals surface area contributed by atoms with Crippen molar-refractivity contribution < 1.29 is 39.2 Å². The van der Waals surface area contributed by atoms with Crippen molar-refractivity contribution in [3.05, 3.63) is 47.5 Å². The molecule has 0 radical (unpaired) electrons. The van der Waals surface area contributed by atoms with E-state index in [9.17, 15) is 39.2 Å². The fourth-order valence-corrected chi connectivity index (χ4v) is 4.84. The molecule has 0 aliphatic rings. The van der Waals surface area contributed by atoms with E-state index in [4.69, 9.17) is 0 Å². The summed E-state index contributed by atoms with van der Waals surface area (Å²) in [4.78, 5) is 10.5. The molecule has 0 spiro atoms. The second-order valence-corrected chi connectivity index (χ2v) is 12.5. The number of hydrogen-bond acceptors (Lipinski definition) is 7. The van der Waals surface area contributed by atoms with Crippen LogP contribution < -0.4 is 15.4 Å². The van der Waals surface area contributed by atoms with E-state index in [2.05, 4.69) is 15.4 Å². The Hall–Kier alpha value is -2.98. The van der Waals surface area contributed by atoms with Crippen molar-refractivity contribution >= 4 is 59.8 Å². The number of urea groups is 1. The minimum Gasteiger partial charge on any atom is -0.338 e. The molecule has 0 unspecified atom stereocenters. The van der Waals surface area contributed by atoms with Crippen LogP contribution in [0.4, 0.5) is 16.2 Å². The molecule has 2 rings (SSSR count). The van der Waals surface area contributed by atoms with Gasteiger partial charge >= 0.3 is 6.03 Å². The zero-order valence-corrected chi connectivity index (χ0v) is 21.3. The molecule has 2 aromatic rings. The molecule has 0 fully saturated rings. The van der Waals surface area contributed by atoms with Crippen molar-refractivity contribution in [2.75, 3.05) is 16.6 Å². The van der Waals surface area contributed by atoms with Gasteiger partial charge in [-0.25, -0.2) is 13.2 Å². The molecular weight excluding hydrogens is 522 g/mol. The zero-order chi connectivity index (χ0) is 26.6. The van der Waals surface area contributed by atoms with Crippen LogP contribution in [0.1, 0.15) is 31.9 Å². The quantitative estimate of drug-likeness (QED) is 0.231. The van der Waals surface area contributed by atoms with Crippen LogP contribution in [0.2, 0.25) is 0 Å². The number of carbonyl (C=O) groups excluding carboxylic acids is 1. The first-order valence-corrected chi connectivity index (χ1v) is 14.4. The maximum atomic E-state index is 12.1. The number of rotatable bonds is 9. The van der Waals surface area contributed by atoms with E-state index in [1.54, 1.807) is 6.92 Å². The van der Waals surface area contributed by atoms with Gasteiger partial charge in [0.05, 0.1) is 5.25 Å². The van der Waals surface area contributed by atoms with Gasteiger partial charge in [-0.2, -0.15) is 16.8 Å². The Morgan fingerprint density at radius 3 is 1.74 bits per heavy atom. The number of hydrogen-bond donors (Lipinski definition) is 5. The summed E-state index contributed by atoms with van der Waals surface area (Å²) in [6.45, 7) is 4.86. The summed E-state index contributed by atoms with van der Waals surface area (Å²) < 4.78 is 93.2. The van der Waals surface area contributed by atoms with E-state index >= 15 is 0 Å². The molecule has 0 saturated carbocycles. The van der Waals surface area contributed by atoms with E-state index < -0.39 is 51.3 Å². The average molecular weight is 548 g/mol. The molecule has 2 amide bonds. The fraction of sp³-hybridized carbons (Fsp3) is 0.250. The van der Waals surface area contributed by atoms with Gasteiger partial charge in [-0.3, -0.25) is 13.8 Å². The summed E-state index contributed by atoms with van der Waals surface area (Å²) >= 11 is 0. The summed E-state index contributed by atoms with van der Waals surface area (Å²) in [6.07, 6.45) is 2.33. The van der Waals surface area contributed by atoms with Crippen molar-refractivity contribution in [3.8, 4) is 0 Å². The highest BCUT2D eigenvalue weighted by Gasteiger charge is 2.20. The number of sulfonamides is 1. The molecule has 12 nitrogen and oxygen atoms in total. The van der Waals surface area contributed by atoms with Crippen LogP contribution in [0.25, 0.3) is 12.2 Å². The minimum atomic E-state index is -4.81. The van der Waals surface area contributed by atoms with Crippen molar-refractivity contribution in [1.29, 1.82) is 0 Å². The van der Waals surface area contributed by atoms with E-state index in [0.29, 0.717) is 6.54 Å². The maximum absolute atomic E-state index is 12.1. The second kappa shape index (κ2) is 10.7. The van der Waals surface area contributed by atoms with Gasteiger partial charge in [0, 0.05) is 17.9 Å². The summed E-state index contributed by atoms with van der Waals surface area (Å²) in [6, 6.07) is 6.42. The third-order valence-electron chi connectivity index (χ3n) is 4.50. The Morgan fingerprint density at radius 1 is 0.857 bits per heavy atom. The molecule has 0 saturated heterocycles. The standard InChI is InChI=1S/C20H25N3O9S3/c1-4-21-20(24)22-16-9-7-14(18(11-16)34(27,28)29)5-6-15-8-10-17(12-19(15)35(30,31)32)23-33(25,26)13(2)3/h5-13,23H,4H2,1-3H3,(H2,21,22,24)(H,27,28,29)(H,30,31,32). The molecule has 5 N–H and O–H groups in total. The molecule has 2 aromatic carbocycles. The predicted octanol–water partition coefficient (Wildman–Crippen LogP) is 2.64. The summed E-state index contributed by atoms with van der Waals surface area (Å²) in [5.41, 5.74) is -0.186. The van der Waals surface area contributed by atoms with Gasteiger partial charge < -0.3 is 10.6 Å². The molecule has 0 aromatic heterocycles. The van der Waals surface area contributed by atoms with Crippen molar-refractivity contribution in [2.24, 2.45) is 0 Å². The van der Waals surface area contributed by atoms with Crippen LogP contribution in [0, 0.1) is 0 Å². The summed E-state index contributed by atoms with van der Waals surface area (Å²) in [5.74, 6) is 0. The Labute approximate surface area is 204 Å². The Morgan fingerprint density at radius 2 is 1.31 bits per heavy atom. The Bertz CT molecular complexity index is 1460. The minimum absolute atomic E-state index is 0.0557. The topological polar surface area (TPSA) is 196 Å². The van der Waals surface area contributed by atoms with Gasteiger partial charge in [0.15, 0.2) is 0 Å². The van der Waals surface area contributed by atoms with E-state index in [-0.39, 0.29) is 22.5 Å². The normalized spacial score (nSPS) is 12.6. The molecule has 15 heteroatoms. The molecule has 0 atom stereocenters. The number of benzene rings is 2. The Balaban J connectivity index is 2.52. The summed E-state index contributed by atoms with van der Waals surface area (Å²) in [5, 5.41) is 4.05. The maximum Gasteiger partial charge on any atom is 0.319 e. The highest BCUT2D eigenvalue weighted by atomic mass is 32.2.